The van der Waals surface area contributed by atoms with Crippen LogP contribution in [0.5, 0.6) is 0 Å². The van der Waals surface area contributed by atoms with E-state index in [1.165, 1.54) is 45.2 Å². The summed E-state index contributed by atoms with van der Waals surface area (Å²) in [6.07, 6.45) is 7.22. The van der Waals surface area contributed by atoms with Gasteiger partial charge in [-0.2, -0.15) is 0 Å². The first-order valence-electron chi connectivity index (χ1n) is 6.10. The van der Waals surface area contributed by atoms with Crippen LogP contribution < -0.4 is 0 Å². The van der Waals surface area contributed by atoms with Crippen molar-refractivity contribution in [3.63, 3.8) is 0 Å². The van der Waals surface area contributed by atoms with Crippen molar-refractivity contribution in [1.29, 1.82) is 0 Å². The van der Waals surface area contributed by atoms with E-state index in [1.807, 2.05) is 7.11 Å². The molecular weight excluding hydrogens is 174 g/mol. The van der Waals surface area contributed by atoms with E-state index in [0.29, 0.717) is 6.10 Å². The van der Waals surface area contributed by atoms with Gasteiger partial charge in [0.2, 0.25) is 0 Å². The molecule has 1 saturated carbocycles. The summed E-state index contributed by atoms with van der Waals surface area (Å²) in [4.78, 5) is 2.70. The highest BCUT2D eigenvalue weighted by Gasteiger charge is 2.32. The molecule has 0 amide bonds. The second-order valence-corrected chi connectivity index (χ2v) is 4.88. The van der Waals surface area contributed by atoms with Crippen LogP contribution in [-0.4, -0.2) is 37.2 Å². The third-order valence-corrected chi connectivity index (χ3v) is 4.10. The average molecular weight is 197 g/mol. The number of ether oxygens (including phenoxy) is 1. The van der Waals surface area contributed by atoms with Crippen LogP contribution in [-0.2, 0) is 4.74 Å². The Morgan fingerprint density at radius 3 is 2.71 bits per heavy atom. The molecule has 0 N–H and O–H groups in total. The minimum Gasteiger partial charge on any atom is -0.381 e. The van der Waals surface area contributed by atoms with Gasteiger partial charge in [0.05, 0.1) is 6.10 Å². The molecule has 0 bridgehead atoms. The molecule has 2 nitrogen and oxygen atoms in total. The van der Waals surface area contributed by atoms with Gasteiger partial charge in [-0.25, -0.2) is 0 Å². The molecule has 1 saturated heterocycles. The Kier molecular flexibility index (Phi) is 3.45. The summed E-state index contributed by atoms with van der Waals surface area (Å²) in [6.45, 7) is 5.00. The molecular formula is C12H23NO. The molecule has 3 atom stereocenters. The van der Waals surface area contributed by atoms with E-state index >= 15 is 0 Å². The molecule has 0 aromatic carbocycles. The second-order valence-electron chi connectivity index (χ2n) is 4.88. The lowest BCUT2D eigenvalue weighted by Gasteiger charge is -2.23. The van der Waals surface area contributed by atoms with Crippen LogP contribution in [0.4, 0.5) is 0 Å². The van der Waals surface area contributed by atoms with Crippen LogP contribution >= 0.6 is 0 Å². The molecule has 0 radical (unpaired) electrons. The van der Waals surface area contributed by atoms with E-state index in [4.69, 9.17) is 4.74 Å². The zero-order chi connectivity index (χ0) is 9.97. The van der Waals surface area contributed by atoms with Gasteiger partial charge in [-0.15, -0.1) is 0 Å². The molecule has 1 aliphatic carbocycles. The minimum absolute atomic E-state index is 0.542. The van der Waals surface area contributed by atoms with Gasteiger partial charge in [-0.1, -0.05) is 13.3 Å². The summed E-state index contributed by atoms with van der Waals surface area (Å²) in [7, 11) is 1.85. The minimum atomic E-state index is 0.542. The Balaban J connectivity index is 1.80. The summed E-state index contributed by atoms with van der Waals surface area (Å²) in [5.41, 5.74) is 0. The third-order valence-electron chi connectivity index (χ3n) is 4.10. The Morgan fingerprint density at radius 1 is 1.29 bits per heavy atom. The van der Waals surface area contributed by atoms with Gasteiger partial charge in [0.25, 0.3) is 0 Å². The quantitative estimate of drug-likeness (QED) is 0.688. The van der Waals surface area contributed by atoms with E-state index < -0.39 is 0 Å². The predicted molar refractivity (Wildman–Crippen MR) is 58.4 cm³/mol. The monoisotopic (exact) mass is 197 g/mol. The van der Waals surface area contributed by atoms with Crippen LogP contribution in [0.1, 0.15) is 39.0 Å². The molecule has 3 unspecified atom stereocenters. The van der Waals surface area contributed by atoms with Gasteiger partial charge in [0, 0.05) is 19.7 Å². The number of hydrogen-bond acceptors (Lipinski definition) is 2. The summed E-state index contributed by atoms with van der Waals surface area (Å²) in [5.74, 6) is 0.969. The molecule has 14 heavy (non-hydrogen) atoms. The maximum Gasteiger partial charge on any atom is 0.0586 e. The molecule has 2 heteroatoms. The lowest BCUT2D eigenvalue weighted by atomic mass is 10.1. The second kappa shape index (κ2) is 4.63. The molecule has 0 spiro atoms. The first-order valence-corrected chi connectivity index (χ1v) is 6.10. The molecule has 0 aromatic rings. The molecule has 1 aliphatic heterocycles. The Morgan fingerprint density at radius 2 is 2.14 bits per heavy atom. The van der Waals surface area contributed by atoms with Gasteiger partial charge in [0.15, 0.2) is 0 Å². The van der Waals surface area contributed by atoms with E-state index in [-0.39, 0.29) is 0 Å². The molecule has 2 fully saturated rings. The number of likely N-dealkylation sites (tertiary alicyclic amines) is 1. The van der Waals surface area contributed by atoms with Crippen molar-refractivity contribution in [3.05, 3.63) is 0 Å². The zero-order valence-electron chi connectivity index (χ0n) is 9.54. The molecule has 2 aliphatic rings. The Labute approximate surface area is 87.6 Å². The topological polar surface area (TPSA) is 12.5 Å². The first kappa shape index (κ1) is 10.4. The summed E-state index contributed by atoms with van der Waals surface area (Å²) < 4.78 is 5.43. The van der Waals surface area contributed by atoms with Crippen LogP contribution in [0.15, 0.2) is 0 Å². The van der Waals surface area contributed by atoms with E-state index in [0.717, 1.165) is 12.0 Å². The number of nitrogens with zero attached hydrogens (tertiary/aromatic N) is 1. The fourth-order valence-electron chi connectivity index (χ4n) is 2.99. The summed E-state index contributed by atoms with van der Waals surface area (Å²) in [6, 6.07) is 0.830. The third kappa shape index (κ3) is 2.12. The van der Waals surface area contributed by atoms with Gasteiger partial charge in [-0.3, -0.25) is 0 Å². The van der Waals surface area contributed by atoms with Gasteiger partial charge in [0.1, 0.15) is 0 Å². The fraction of sp³-hybridized carbons (Fsp3) is 1.00. The lowest BCUT2D eigenvalue weighted by molar-refractivity contribution is 0.0992. The zero-order valence-corrected chi connectivity index (χ0v) is 9.54. The number of methoxy groups -OCH3 is 1. The van der Waals surface area contributed by atoms with Crippen LogP contribution in [0.2, 0.25) is 0 Å². The standard InChI is InChI=1S/C12H23NO/c1-3-10-6-7-13(9-10)11-4-5-12(8-11)14-2/h10-12H,3-9H2,1-2H3. The van der Waals surface area contributed by atoms with E-state index in [2.05, 4.69) is 11.8 Å². The van der Waals surface area contributed by atoms with Crippen LogP contribution in [0.3, 0.4) is 0 Å². The number of rotatable bonds is 3. The maximum absolute atomic E-state index is 5.43. The van der Waals surface area contributed by atoms with Crippen molar-refractivity contribution in [2.75, 3.05) is 20.2 Å². The van der Waals surface area contributed by atoms with Crippen LogP contribution in [0.25, 0.3) is 0 Å². The lowest BCUT2D eigenvalue weighted by Crippen LogP contribution is -2.31. The normalized spacial score (nSPS) is 39.4. The average Bonchev–Trinajstić information content (AvgIpc) is 2.86. The van der Waals surface area contributed by atoms with Crippen molar-refractivity contribution < 1.29 is 4.74 Å². The van der Waals surface area contributed by atoms with Gasteiger partial charge >= 0.3 is 0 Å². The molecule has 1 heterocycles. The van der Waals surface area contributed by atoms with Crippen molar-refractivity contribution in [2.24, 2.45) is 5.92 Å². The van der Waals surface area contributed by atoms with E-state index in [1.54, 1.807) is 0 Å². The van der Waals surface area contributed by atoms with Crippen molar-refractivity contribution in [2.45, 2.75) is 51.2 Å². The SMILES string of the molecule is CCC1CCN(C2CCC(OC)C2)C1. The molecule has 2 rings (SSSR count). The fourth-order valence-corrected chi connectivity index (χ4v) is 2.99. The van der Waals surface area contributed by atoms with Crippen LogP contribution in [0, 0.1) is 5.92 Å². The summed E-state index contributed by atoms with van der Waals surface area (Å²) >= 11 is 0. The highest BCUT2D eigenvalue weighted by molar-refractivity contribution is 4.87. The molecule has 0 aromatic heterocycles. The largest absolute Gasteiger partial charge is 0.381 e. The van der Waals surface area contributed by atoms with Crippen molar-refractivity contribution >= 4 is 0 Å². The van der Waals surface area contributed by atoms with Crippen molar-refractivity contribution in [3.8, 4) is 0 Å². The smallest absolute Gasteiger partial charge is 0.0586 e. The number of hydrogen-bond donors (Lipinski definition) is 0. The Hall–Kier alpha value is -0.0800. The highest BCUT2D eigenvalue weighted by atomic mass is 16.5. The summed E-state index contributed by atoms with van der Waals surface area (Å²) in [5, 5.41) is 0. The van der Waals surface area contributed by atoms with E-state index in [9.17, 15) is 0 Å². The Bertz CT molecular complexity index is 163. The van der Waals surface area contributed by atoms with Gasteiger partial charge in [-0.05, 0) is 38.1 Å². The van der Waals surface area contributed by atoms with Gasteiger partial charge < -0.3 is 9.64 Å². The van der Waals surface area contributed by atoms with Crippen molar-refractivity contribution in [1.82, 2.24) is 4.90 Å². The highest BCUT2D eigenvalue weighted by Crippen LogP contribution is 2.30. The maximum atomic E-state index is 5.43. The molecule has 82 valence electrons. The predicted octanol–water partition coefficient (Wildman–Crippen LogP) is 2.29. The first-order chi connectivity index (χ1) is 6.83.